The molecule has 0 amide bonds. The van der Waals surface area contributed by atoms with Gasteiger partial charge in [-0.2, -0.15) is 12.6 Å². The summed E-state index contributed by atoms with van der Waals surface area (Å²) in [4.78, 5) is 0. The van der Waals surface area contributed by atoms with Crippen molar-refractivity contribution in [3.63, 3.8) is 0 Å². The number of benzene rings is 1. The Morgan fingerprint density at radius 2 is 2.00 bits per heavy atom. The summed E-state index contributed by atoms with van der Waals surface area (Å²) < 4.78 is 5.27. The molecule has 3 heteroatoms. The molecule has 0 radical (unpaired) electrons. The Morgan fingerprint density at radius 1 is 1.42 bits per heavy atom. The van der Waals surface area contributed by atoms with E-state index in [9.17, 15) is 0 Å². The summed E-state index contributed by atoms with van der Waals surface area (Å²) >= 11 is 4.11. The molecule has 2 nitrogen and oxygen atoms in total. The second kappa shape index (κ2) is 4.38. The van der Waals surface area contributed by atoms with Crippen molar-refractivity contribution in [2.24, 2.45) is 5.73 Å². The van der Waals surface area contributed by atoms with Crippen LogP contribution in [0, 0.1) is 0 Å². The fourth-order valence-electron chi connectivity index (χ4n) is 0.928. The highest BCUT2D eigenvalue weighted by atomic mass is 32.1. The summed E-state index contributed by atoms with van der Waals surface area (Å²) in [5.41, 5.74) is 6.56. The Bertz CT molecular complexity index is 233. The highest BCUT2D eigenvalue weighted by molar-refractivity contribution is 7.80. The summed E-state index contributed by atoms with van der Waals surface area (Å²) in [6.07, 6.45) is 0. The van der Waals surface area contributed by atoms with E-state index in [4.69, 9.17) is 10.5 Å². The molecular formula is C9H13NOS. The van der Waals surface area contributed by atoms with Gasteiger partial charge in [-0.3, -0.25) is 0 Å². The van der Waals surface area contributed by atoms with Gasteiger partial charge in [-0.25, -0.2) is 0 Å². The second-order valence-corrected chi connectivity index (χ2v) is 3.00. The zero-order valence-corrected chi connectivity index (χ0v) is 7.92. The zero-order valence-electron chi connectivity index (χ0n) is 7.03. The van der Waals surface area contributed by atoms with Gasteiger partial charge in [0, 0.05) is 0 Å². The maximum Gasteiger partial charge on any atom is 0.119 e. The standard InChI is InChI=1S/C9H13NOS/c1-2-11-8-5-3-7(4-6-8)9(10)12/h3-6,9,12H,2,10H2,1H3. The molecule has 0 fully saturated rings. The van der Waals surface area contributed by atoms with Crippen LogP contribution >= 0.6 is 12.6 Å². The van der Waals surface area contributed by atoms with Crippen LogP contribution in [0.5, 0.6) is 5.75 Å². The SMILES string of the molecule is CCOc1ccc(C(N)S)cc1. The van der Waals surface area contributed by atoms with Crippen LogP contribution in [0.2, 0.25) is 0 Å². The van der Waals surface area contributed by atoms with Crippen LogP contribution in [-0.2, 0) is 0 Å². The third kappa shape index (κ3) is 2.43. The summed E-state index contributed by atoms with van der Waals surface area (Å²) in [6, 6.07) is 7.63. The average molecular weight is 183 g/mol. The highest BCUT2D eigenvalue weighted by Crippen LogP contribution is 2.17. The molecule has 0 aliphatic rings. The summed E-state index contributed by atoms with van der Waals surface area (Å²) in [6.45, 7) is 2.64. The van der Waals surface area contributed by atoms with Crippen molar-refractivity contribution in [2.45, 2.75) is 12.3 Å². The number of hydrogen-bond donors (Lipinski definition) is 2. The van der Waals surface area contributed by atoms with E-state index in [1.54, 1.807) is 0 Å². The normalized spacial score (nSPS) is 12.6. The van der Waals surface area contributed by atoms with Crippen LogP contribution in [0.15, 0.2) is 24.3 Å². The van der Waals surface area contributed by atoms with E-state index in [0.717, 1.165) is 11.3 Å². The van der Waals surface area contributed by atoms with E-state index < -0.39 is 0 Å². The van der Waals surface area contributed by atoms with E-state index in [1.165, 1.54) is 0 Å². The molecule has 2 N–H and O–H groups in total. The lowest BCUT2D eigenvalue weighted by molar-refractivity contribution is 0.340. The topological polar surface area (TPSA) is 35.2 Å². The van der Waals surface area contributed by atoms with E-state index in [-0.39, 0.29) is 5.37 Å². The maximum absolute atomic E-state index is 5.56. The Hall–Kier alpha value is -0.670. The van der Waals surface area contributed by atoms with Gasteiger partial charge in [-0.15, -0.1) is 0 Å². The molecule has 66 valence electrons. The first-order valence-corrected chi connectivity index (χ1v) is 4.42. The van der Waals surface area contributed by atoms with Gasteiger partial charge in [-0.05, 0) is 24.6 Å². The van der Waals surface area contributed by atoms with Gasteiger partial charge in [0.05, 0.1) is 12.0 Å². The lowest BCUT2D eigenvalue weighted by Gasteiger charge is -2.06. The number of ether oxygens (including phenoxy) is 1. The fourth-order valence-corrected chi connectivity index (χ4v) is 1.10. The number of rotatable bonds is 3. The van der Waals surface area contributed by atoms with Gasteiger partial charge in [0.2, 0.25) is 0 Å². The lowest BCUT2D eigenvalue weighted by atomic mass is 10.2. The molecule has 0 aliphatic carbocycles. The number of thiol groups is 1. The molecular weight excluding hydrogens is 170 g/mol. The first-order chi connectivity index (χ1) is 5.74. The van der Waals surface area contributed by atoms with Gasteiger partial charge in [0.15, 0.2) is 0 Å². The summed E-state index contributed by atoms with van der Waals surface area (Å²) in [5, 5.41) is -0.208. The third-order valence-corrected chi connectivity index (χ3v) is 1.83. The number of hydrogen-bond acceptors (Lipinski definition) is 3. The lowest BCUT2D eigenvalue weighted by Crippen LogP contribution is -2.01. The molecule has 0 aliphatic heterocycles. The predicted octanol–water partition coefficient (Wildman–Crippen LogP) is 1.97. The smallest absolute Gasteiger partial charge is 0.119 e. The summed E-state index contributed by atoms with van der Waals surface area (Å²) in [7, 11) is 0. The Labute approximate surface area is 78.1 Å². The van der Waals surface area contributed by atoms with Crippen molar-refractivity contribution in [2.75, 3.05) is 6.61 Å². The molecule has 0 spiro atoms. The quantitative estimate of drug-likeness (QED) is 0.555. The van der Waals surface area contributed by atoms with Crippen LogP contribution in [0.3, 0.4) is 0 Å². The fraction of sp³-hybridized carbons (Fsp3) is 0.333. The molecule has 0 bridgehead atoms. The molecule has 1 aromatic rings. The van der Waals surface area contributed by atoms with Crippen LogP contribution in [0.4, 0.5) is 0 Å². The Balaban J connectivity index is 2.71. The molecule has 0 saturated carbocycles. The van der Waals surface area contributed by atoms with Gasteiger partial charge in [0.25, 0.3) is 0 Å². The van der Waals surface area contributed by atoms with Crippen LogP contribution in [0.25, 0.3) is 0 Å². The molecule has 0 aromatic heterocycles. The van der Waals surface area contributed by atoms with E-state index in [0.29, 0.717) is 6.61 Å². The van der Waals surface area contributed by atoms with E-state index in [2.05, 4.69) is 12.6 Å². The van der Waals surface area contributed by atoms with E-state index in [1.807, 2.05) is 31.2 Å². The molecule has 0 saturated heterocycles. The van der Waals surface area contributed by atoms with E-state index >= 15 is 0 Å². The molecule has 1 unspecified atom stereocenters. The Morgan fingerprint density at radius 3 is 2.42 bits per heavy atom. The van der Waals surface area contributed by atoms with Crippen molar-refractivity contribution >= 4 is 12.6 Å². The number of nitrogens with two attached hydrogens (primary N) is 1. The van der Waals surface area contributed by atoms with Crippen molar-refractivity contribution in [3.8, 4) is 5.75 Å². The van der Waals surface area contributed by atoms with Crippen LogP contribution in [-0.4, -0.2) is 6.61 Å². The maximum atomic E-state index is 5.56. The highest BCUT2D eigenvalue weighted by Gasteiger charge is 1.98. The first-order valence-electron chi connectivity index (χ1n) is 3.90. The van der Waals surface area contributed by atoms with Crippen molar-refractivity contribution < 1.29 is 4.74 Å². The van der Waals surface area contributed by atoms with Crippen LogP contribution < -0.4 is 10.5 Å². The van der Waals surface area contributed by atoms with Crippen LogP contribution in [0.1, 0.15) is 17.9 Å². The minimum absolute atomic E-state index is 0.208. The van der Waals surface area contributed by atoms with Crippen molar-refractivity contribution in [3.05, 3.63) is 29.8 Å². The van der Waals surface area contributed by atoms with Gasteiger partial charge in [0.1, 0.15) is 5.75 Å². The molecule has 1 aromatic carbocycles. The Kier molecular flexibility index (Phi) is 3.44. The van der Waals surface area contributed by atoms with Gasteiger partial charge in [-0.1, -0.05) is 12.1 Å². The van der Waals surface area contributed by atoms with Crippen molar-refractivity contribution in [1.29, 1.82) is 0 Å². The average Bonchev–Trinajstić information content (AvgIpc) is 2.06. The van der Waals surface area contributed by atoms with Crippen molar-refractivity contribution in [1.82, 2.24) is 0 Å². The van der Waals surface area contributed by atoms with Gasteiger partial charge >= 0.3 is 0 Å². The molecule has 12 heavy (non-hydrogen) atoms. The van der Waals surface area contributed by atoms with Gasteiger partial charge < -0.3 is 10.5 Å². The molecule has 1 rings (SSSR count). The second-order valence-electron chi connectivity index (χ2n) is 2.45. The zero-order chi connectivity index (χ0) is 8.97. The largest absolute Gasteiger partial charge is 0.494 e. The third-order valence-electron chi connectivity index (χ3n) is 1.53. The molecule has 1 atom stereocenters. The minimum Gasteiger partial charge on any atom is -0.494 e. The summed E-state index contributed by atoms with van der Waals surface area (Å²) in [5.74, 6) is 0.871. The predicted molar refractivity (Wildman–Crippen MR) is 53.5 cm³/mol. The minimum atomic E-state index is -0.208. The first kappa shape index (κ1) is 9.42. The monoisotopic (exact) mass is 183 g/mol. The molecule has 0 heterocycles.